The molecule has 0 unspecified atom stereocenters. The lowest BCUT2D eigenvalue weighted by Gasteiger charge is -2.53. The summed E-state index contributed by atoms with van der Waals surface area (Å²) in [6.07, 6.45) is 14.1. The van der Waals surface area contributed by atoms with Gasteiger partial charge in [-0.25, -0.2) is 9.59 Å². The summed E-state index contributed by atoms with van der Waals surface area (Å²) >= 11 is 1.43. The Hall–Kier alpha value is -5.69. The van der Waals surface area contributed by atoms with Gasteiger partial charge >= 0.3 is 24.0 Å². The van der Waals surface area contributed by atoms with E-state index in [-0.39, 0.29) is 69.3 Å². The monoisotopic (exact) mass is 1110 g/mol. The number of nitrogens with one attached hydrogen (secondary N) is 5. The maximum Gasteiger partial charge on any atom is 0.407 e. The quantitative estimate of drug-likeness (QED) is 0.0266. The second-order valence-electron chi connectivity index (χ2n) is 22.9. The maximum absolute atomic E-state index is 14.6. The number of hydrogen-bond acceptors (Lipinski definition) is 14. The van der Waals surface area contributed by atoms with Gasteiger partial charge in [-0.2, -0.15) is 11.8 Å². The van der Waals surface area contributed by atoms with Crippen molar-refractivity contribution in [3.8, 4) is 0 Å². The first kappa shape index (κ1) is 60.9. The van der Waals surface area contributed by atoms with Crippen molar-refractivity contribution in [3.05, 3.63) is 71.3 Å². The van der Waals surface area contributed by atoms with E-state index in [1.807, 2.05) is 61.5 Å². The van der Waals surface area contributed by atoms with Crippen LogP contribution in [-0.2, 0) is 64.9 Å². The van der Waals surface area contributed by atoms with E-state index in [4.69, 9.17) is 24.7 Å². The Morgan fingerprint density at radius 2 is 1.15 bits per heavy atom. The van der Waals surface area contributed by atoms with Gasteiger partial charge in [0.2, 0.25) is 23.6 Å². The number of benzene rings is 2. The van der Waals surface area contributed by atoms with E-state index in [9.17, 15) is 38.4 Å². The second-order valence-corrected chi connectivity index (χ2v) is 23.9. The molecule has 19 heteroatoms. The summed E-state index contributed by atoms with van der Waals surface area (Å²) in [7, 11) is 0. The maximum atomic E-state index is 14.6. The van der Waals surface area contributed by atoms with Gasteiger partial charge in [0.05, 0.1) is 6.04 Å². The number of ether oxygens (including phenoxy) is 4. The lowest BCUT2D eigenvalue weighted by molar-refractivity contribution is -0.151. The van der Waals surface area contributed by atoms with Crippen molar-refractivity contribution in [2.24, 2.45) is 29.4 Å². The van der Waals surface area contributed by atoms with Gasteiger partial charge in [0, 0.05) is 30.9 Å². The molecule has 7 N–H and O–H groups in total. The second kappa shape index (κ2) is 31.3. The van der Waals surface area contributed by atoms with Crippen LogP contribution in [0.5, 0.6) is 0 Å². The van der Waals surface area contributed by atoms with Gasteiger partial charge in [-0.3, -0.25) is 28.8 Å². The van der Waals surface area contributed by atoms with Crippen LogP contribution in [0.1, 0.15) is 165 Å². The number of carbonyl (C=O) groups excluding carboxylic acids is 8. The molecule has 2 aromatic carbocycles. The number of unbranched alkanes of at least 4 members (excludes halogenated alkanes) is 1. The molecule has 2 aromatic rings. The molecule has 0 heterocycles. The number of esters is 3. The van der Waals surface area contributed by atoms with Crippen LogP contribution >= 0.6 is 11.8 Å². The van der Waals surface area contributed by atoms with Gasteiger partial charge in [0.1, 0.15) is 49.1 Å². The summed E-state index contributed by atoms with van der Waals surface area (Å²) in [5.74, 6) is -1.62. The minimum Gasteiger partial charge on any atom is -0.462 e. The van der Waals surface area contributed by atoms with Crippen LogP contribution in [0.4, 0.5) is 4.79 Å². The first-order chi connectivity index (χ1) is 38.1. The SMILES string of the molecule is Cc1ccc(CSC[C@H](NC(=O)[C@H](CCCCNC(=O)OC2C3CC4CC(C3)CC2C4)NC(=O)[C@H](CCC(=O)OC2CCCCC2)NC(=O)[C@H](C)NC(=O)[C@@H](N)CCC(=O)OC2CCCCC2)C(=O)OCc2ccccc2)cc1. The van der Waals surface area contributed by atoms with Gasteiger partial charge in [-0.05, 0) is 164 Å². The van der Waals surface area contributed by atoms with Gasteiger partial charge in [-0.1, -0.05) is 73.0 Å². The number of carbonyl (C=O) groups is 8. The highest BCUT2D eigenvalue weighted by Gasteiger charge is 2.50. The minimum absolute atomic E-state index is 0.0114. The fourth-order valence-corrected chi connectivity index (χ4v) is 13.2. The Morgan fingerprint density at radius 1 is 0.595 bits per heavy atom. The lowest BCUT2D eigenvalue weighted by atomic mass is 9.55. The van der Waals surface area contributed by atoms with E-state index in [0.717, 1.165) is 118 Å². The van der Waals surface area contributed by atoms with E-state index in [1.54, 1.807) is 0 Å². The highest BCUT2D eigenvalue weighted by Crippen LogP contribution is 2.54. The first-order valence-electron chi connectivity index (χ1n) is 29.3. The molecule has 0 aromatic heterocycles. The zero-order valence-corrected chi connectivity index (χ0v) is 47.2. The van der Waals surface area contributed by atoms with E-state index in [1.165, 1.54) is 25.1 Å². The van der Waals surface area contributed by atoms with Crippen molar-refractivity contribution < 1.29 is 57.3 Å². The Bertz CT molecular complexity index is 2300. The number of alkyl carbamates (subject to hydrolysis) is 1. The van der Waals surface area contributed by atoms with Crippen molar-refractivity contribution in [3.63, 3.8) is 0 Å². The van der Waals surface area contributed by atoms with Gasteiger partial charge < -0.3 is 51.3 Å². The Kier molecular flexibility index (Phi) is 24.2. The molecule has 0 radical (unpaired) electrons. The van der Waals surface area contributed by atoms with Crippen molar-refractivity contribution in [2.75, 3.05) is 12.3 Å². The number of aryl methyl sites for hydroxylation is 1. The molecular formula is C60H86N6O12S. The zero-order valence-electron chi connectivity index (χ0n) is 46.4. The van der Waals surface area contributed by atoms with Crippen molar-refractivity contribution in [1.29, 1.82) is 0 Å². The highest BCUT2D eigenvalue weighted by molar-refractivity contribution is 7.98. The molecule has 0 aliphatic heterocycles. The van der Waals surface area contributed by atoms with Gasteiger partial charge in [-0.15, -0.1) is 0 Å². The normalized spacial score (nSPS) is 22.6. The van der Waals surface area contributed by atoms with Crippen molar-refractivity contribution >= 4 is 59.4 Å². The highest BCUT2D eigenvalue weighted by atomic mass is 32.2. The molecular weight excluding hydrogens is 1030 g/mol. The predicted octanol–water partition coefficient (Wildman–Crippen LogP) is 7.29. The van der Waals surface area contributed by atoms with E-state index in [2.05, 4.69) is 26.6 Å². The predicted molar refractivity (Wildman–Crippen MR) is 299 cm³/mol. The summed E-state index contributed by atoms with van der Waals surface area (Å²) in [6, 6.07) is 11.0. The Labute approximate surface area is 470 Å². The number of hydrogen-bond donors (Lipinski definition) is 6. The van der Waals surface area contributed by atoms with Crippen LogP contribution in [0, 0.1) is 30.6 Å². The van der Waals surface area contributed by atoms with E-state index >= 15 is 0 Å². The van der Waals surface area contributed by atoms with Crippen LogP contribution < -0.4 is 32.3 Å². The first-order valence-corrected chi connectivity index (χ1v) is 30.5. The summed E-state index contributed by atoms with van der Waals surface area (Å²) < 4.78 is 23.1. The lowest BCUT2D eigenvalue weighted by Crippen LogP contribution is -2.58. The third-order valence-corrected chi connectivity index (χ3v) is 17.5. The van der Waals surface area contributed by atoms with Crippen LogP contribution in [-0.4, -0.2) is 108 Å². The van der Waals surface area contributed by atoms with Crippen molar-refractivity contribution in [2.45, 2.75) is 216 Å². The fourth-order valence-electron chi connectivity index (χ4n) is 12.2. The smallest absolute Gasteiger partial charge is 0.407 e. The molecule has 6 saturated carbocycles. The molecule has 5 atom stereocenters. The topological polar surface area (TPSA) is 260 Å². The minimum atomic E-state index is -1.39. The Balaban J connectivity index is 1.01. The fraction of sp³-hybridized carbons (Fsp3) is 0.667. The summed E-state index contributed by atoms with van der Waals surface area (Å²) in [5.41, 5.74) is 9.05. The number of nitrogens with two attached hydrogens (primary N) is 1. The molecule has 6 fully saturated rings. The summed E-state index contributed by atoms with van der Waals surface area (Å²) in [5, 5.41) is 13.8. The van der Waals surface area contributed by atoms with Crippen LogP contribution in [0.15, 0.2) is 54.6 Å². The standard InChI is InChI=1S/C60H86N6O12S/c1-38-21-23-41(24-22-38)36-79-37-51(59(73)75-35-40-14-6-3-7-15-40)66-57(71)49(20-12-13-29-62-60(74)78-54-44-31-42-30-43(33-44)34-45(54)32-42)65-58(72)50(26-28-53(68)77-47-18-10-5-11-19-47)64-55(69)39(2)63-56(70)48(61)25-27-52(67)76-46-16-8-4-9-17-46/h3,6-7,14-15,21-24,39,42-51,54H,4-5,8-13,16-20,25-37,61H2,1-2H3,(H,62,74)(H,63,70)(H,64,69)(H,65,72)(H,66,71)/t39-,42?,43?,44?,45?,48-,49-,50-,51-,54?/m0/s1. The summed E-state index contributed by atoms with van der Waals surface area (Å²) in [6.45, 7) is 3.63. The molecule has 6 aliphatic rings. The number of thioether (sulfide) groups is 1. The molecule has 79 heavy (non-hydrogen) atoms. The molecule has 8 rings (SSSR count). The third kappa shape index (κ3) is 20.1. The van der Waals surface area contributed by atoms with E-state index in [0.29, 0.717) is 30.4 Å². The van der Waals surface area contributed by atoms with Gasteiger partial charge in [0.15, 0.2) is 0 Å². The molecule has 18 nitrogen and oxygen atoms in total. The van der Waals surface area contributed by atoms with Crippen molar-refractivity contribution in [1.82, 2.24) is 26.6 Å². The van der Waals surface area contributed by atoms with Crippen LogP contribution in [0.3, 0.4) is 0 Å². The largest absolute Gasteiger partial charge is 0.462 e. The molecule has 5 amide bonds. The number of rotatable bonds is 29. The molecule has 4 bridgehead atoms. The number of amides is 5. The van der Waals surface area contributed by atoms with Crippen LogP contribution in [0.25, 0.3) is 0 Å². The molecule has 0 saturated heterocycles. The molecule has 6 aliphatic carbocycles. The van der Waals surface area contributed by atoms with Gasteiger partial charge in [0.25, 0.3) is 0 Å². The van der Waals surface area contributed by atoms with Crippen LogP contribution in [0.2, 0.25) is 0 Å². The Morgan fingerprint density at radius 3 is 1.76 bits per heavy atom. The van der Waals surface area contributed by atoms with E-state index < -0.39 is 77.8 Å². The third-order valence-electron chi connectivity index (χ3n) is 16.4. The molecule has 0 spiro atoms. The summed E-state index contributed by atoms with van der Waals surface area (Å²) in [4.78, 5) is 109. The average Bonchev–Trinajstić information content (AvgIpc) is 3.50. The molecule has 434 valence electrons. The average molecular weight is 1120 g/mol. The zero-order chi connectivity index (χ0) is 56.1.